The lowest BCUT2D eigenvalue weighted by Crippen LogP contribution is -2.45. The van der Waals surface area contributed by atoms with Crippen LogP contribution in [-0.4, -0.2) is 36.2 Å². The van der Waals surface area contributed by atoms with Crippen molar-refractivity contribution in [2.45, 2.75) is 39.2 Å². The van der Waals surface area contributed by atoms with Gasteiger partial charge in [-0.25, -0.2) is 0 Å². The number of halogens is 3. The summed E-state index contributed by atoms with van der Waals surface area (Å²) in [6.07, 6.45) is 3.90. The predicted octanol–water partition coefficient (Wildman–Crippen LogP) is 4.36. The first-order valence-corrected chi connectivity index (χ1v) is 8.80. The lowest BCUT2D eigenvalue weighted by molar-refractivity contribution is 0.157. The highest BCUT2D eigenvalue weighted by Gasteiger charge is 2.33. The number of piperazine rings is 1. The van der Waals surface area contributed by atoms with E-state index in [0.717, 1.165) is 47.7 Å². The van der Waals surface area contributed by atoms with Crippen LogP contribution in [0.5, 0.6) is 5.75 Å². The van der Waals surface area contributed by atoms with Crippen molar-refractivity contribution < 1.29 is 5.11 Å². The van der Waals surface area contributed by atoms with E-state index in [2.05, 4.69) is 33.1 Å². The van der Waals surface area contributed by atoms with Crippen LogP contribution in [-0.2, 0) is 0 Å². The first kappa shape index (κ1) is 21.0. The molecule has 0 unspecified atom stereocenters. The number of nitrogens with one attached hydrogen (secondary N) is 1. The molecule has 0 amide bonds. The number of hydrogen-bond acceptors (Lipinski definition) is 3. The maximum atomic E-state index is 10.6. The summed E-state index contributed by atoms with van der Waals surface area (Å²) in [5, 5.41) is 14.0. The first-order chi connectivity index (χ1) is 10.1. The van der Waals surface area contributed by atoms with Gasteiger partial charge < -0.3 is 10.4 Å². The van der Waals surface area contributed by atoms with E-state index >= 15 is 0 Å². The van der Waals surface area contributed by atoms with Crippen LogP contribution in [0.4, 0.5) is 0 Å². The second-order valence-corrected chi connectivity index (χ2v) is 7.34. The van der Waals surface area contributed by atoms with E-state index in [1.165, 1.54) is 24.8 Å². The maximum absolute atomic E-state index is 10.6. The van der Waals surface area contributed by atoms with Gasteiger partial charge in [-0.05, 0) is 43.4 Å². The highest BCUT2D eigenvalue weighted by molar-refractivity contribution is 9.10. The molecule has 0 radical (unpaired) electrons. The molecular formula is C17H27BrCl2N2O. The lowest BCUT2D eigenvalue weighted by Gasteiger charge is -2.36. The van der Waals surface area contributed by atoms with Gasteiger partial charge in [0.2, 0.25) is 0 Å². The zero-order valence-electron chi connectivity index (χ0n) is 13.8. The van der Waals surface area contributed by atoms with Crippen LogP contribution >= 0.6 is 40.7 Å². The van der Waals surface area contributed by atoms with Gasteiger partial charge in [-0.1, -0.05) is 28.8 Å². The fraction of sp³-hybridized carbons (Fsp3) is 0.647. The molecule has 2 N–H and O–H groups in total. The Morgan fingerprint density at radius 2 is 1.87 bits per heavy atom. The molecule has 1 saturated carbocycles. The van der Waals surface area contributed by atoms with Gasteiger partial charge in [0, 0.05) is 42.3 Å². The minimum absolute atomic E-state index is 0. The molecule has 132 valence electrons. The Bertz CT molecular complexity index is 532. The SMILES string of the molecule is Cc1cc(O)c([C@@H](CC2CC2)N2CCNCC2)c(C)c1Br.Cl.Cl. The van der Waals surface area contributed by atoms with Crippen LogP contribution in [0, 0.1) is 19.8 Å². The molecule has 23 heavy (non-hydrogen) atoms. The number of benzene rings is 1. The molecule has 0 bridgehead atoms. The van der Waals surface area contributed by atoms with Gasteiger partial charge in [0.05, 0.1) is 0 Å². The number of phenolic OH excluding ortho intramolecular Hbond substituents is 1. The minimum atomic E-state index is 0. The summed E-state index contributed by atoms with van der Waals surface area (Å²) in [5.74, 6) is 1.32. The molecule has 2 fully saturated rings. The summed E-state index contributed by atoms with van der Waals surface area (Å²) in [5.41, 5.74) is 3.46. The van der Waals surface area contributed by atoms with Crippen LogP contribution in [0.25, 0.3) is 0 Å². The first-order valence-electron chi connectivity index (χ1n) is 8.01. The smallest absolute Gasteiger partial charge is 0.120 e. The number of phenols is 1. The molecule has 1 aliphatic carbocycles. The van der Waals surface area contributed by atoms with Crippen molar-refractivity contribution in [1.29, 1.82) is 0 Å². The van der Waals surface area contributed by atoms with E-state index in [9.17, 15) is 5.11 Å². The fourth-order valence-electron chi connectivity index (χ4n) is 3.49. The quantitative estimate of drug-likeness (QED) is 0.751. The normalized spacial score (nSPS) is 19.6. The van der Waals surface area contributed by atoms with Crippen molar-refractivity contribution in [1.82, 2.24) is 10.2 Å². The maximum Gasteiger partial charge on any atom is 0.120 e. The number of nitrogens with zero attached hydrogens (tertiary/aromatic N) is 1. The Balaban J connectivity index is 0.00000132. The molecule has 2 aliphatic rings. The molecule has 1 heterocycles. The molecule has 1 aromatic carbocycles. The fourth-order valence-corrected chi connectivity index (χ4v) is 3.81. The third-order valence-electron chi connectivity index (χ3n) is 4.89. The van der Waals surface area contributed by atoms with Crippen LogP contribution in [0.1, 0.15) is 42.0 Å². The molecule has 6 heteroatoms. The Kier molecular flexibility index (Phi) is 8.15. The summed E-state index contributed by atoms with van der Waals surface area (Å²) >= 11 is 3.70. The summed E-state index contributed by atoms with van der Waals surface area (Å²) in [7, 11) is 0. The number of hydrogen-bond donors (Lipinski definition) is 2. The zero-order chi connectivity index (χ0) is 15.0. The van der Waals surface area contributed by atoms with Crippen molar-refractivity contribution >= 4 is 40.7 Å². The van der Waals surface area contributed by atoms with E-state index in [4.69, 9.17) is 0 Å². The predicted molar refractivity (Wildman–Crippen MR) is 104 cm³/mol. The molecule has 1 atom stereocenters. The summed E-state index contributed by atoms with van der Waals surface area (Å²) < 4.78 is 1.14. The molecule has 1 aromatic rings. The average Bonchev–Trinajstić information content (AvgIpc) is 3.29. The number of rotatable bonds is 4. The largest absolute Gasteiger partial charge is 0.508 e. The van der Waals surface area contributed by atoms with Crippen LogP contribution in [0.15, 0.2) is 10.5 Å². The molecule has 0 aromatic heterocycles. The number of aryl methyl sites for hydroxylation is 1. The van der Waals surface area contributed by atoms with Crippen molar-refractivity contribution in [2.75, 3.05) is 26.2 Å². The van der Waals surface area contributed by atoms with Crippen molar-refractivity contribution in [3.8, 4) is 5.75 Å². The molecular weight excluding hydrogens is 399 g/mol. The third kappa shape index (κ3) is 4.76. The van der Waals surface area contributed by atoms with E-state index in [-0.39, 0.29) is 24.8 Å². The average molecular weight is 426 g/mol. The Morgan fingerprint density at radius 3 is 2.43 bits per heavy atom. The third-order valence-corrected chi connectivity index (χ3v) is 6.11. The van der Waals surface area contributed by atoms with Gasteiger partial charge in [-0.3, -0.25) is 4.90 Å². The van der Waals surface area contributed by atoms with Crippen LogP contribution in [0.2, 0.25) is 0 Å². The molecule has 0 spiro atoms. The minimum Gasteiger partial charge on any atom is -0.508 e. The van der Waals surface area contributed by atoms with Gasteiger partial charge in [-0.15, -0.1) is 24.8 Å². The van der Waals surface area contributed by atoms with Gasteiger partial charge in [-0.2, -0.15) is 0 Å². The van der Waals surface area contributed by atoms with Crippen molar-refractivity contribution in [3.05, 3.63) is 27.2 Å². The Hall–Kier alpha value is -0.000000000000000111. The second-order valence-electron chi connectivity index (χ2n) is 6.55. The van der Waals surface area contributed by atoms with Gasteiger partial charge in [0.1, 0.15) is 5.75 Å². The highest BCUT2D eigenvalue weighted by atomic mass is 79.9. The lowest BCUT2D eigenvalue weighted by atomic mass is 9.92. The van der Waals surface area contributed by atoms with Crippen LogP contribution < -0.4 is 5.32 Å². The molecule has 1 saturated heterocycles. The highest BCUT2D eigenvalue weighted by Crippen LogP contribution is 2.45. The topological polar surface area (TPSA) is 35.5 Å². The van der Waals surface area contributed by atoms with Gasteiger partial charge in [0.15, 0.2) is 0 Å². The molecule has 3 rings (SSSR count). The summed E-state index contributed by atoms with van der Waals surface area (Å²) in [4.78, 5) is 2.55. The Labute approximate surface area is 160 Å². The van der Waals surface area contributed by atoms with Crippen molar-refractivity contribution in [3.63, 3.8) is 0 Å². The van der Waals surface area contributed by atoms with E-state index in [0.29, 0.717) is 11.8 Å². The summed E-state index contributed by atoms with van der Waals surface area (Å²) in [6, 6.07) is 2.27. The van der Waals surface area contributed by atoms with Crippen LogP contribution in [0.3, 0.4) is 0 Å². The monoisotopic (exact) mass is 424 g/mol. The Morgan fingerprint density at radius 1 is 1.26 bits per heavy atom. The van der Waals surface area contributed by atoms with Gasteiger partial charge >= 0.3 is 0 Å². The van der Waals surface area contributed by atoms with E-state index in [1.807, 2.05) is 13.0 Å². The summed E-state index contributed by atoms with van der Waals surface area (Å²) in [6.45, 7) is 8.42. The molecule has 3 nitrogen and oxygen atoms in total. The molecule has 1 aliphatic heterocycles. The standard InChI is InChI=1S/C17H25BrN2O.2ClH/c1-11-9-15(21)16(12(2)17(11)18)14(10-13-3-4-13)20-7-5-19-6-8-20;;/h9,13-14,19,21H,3-8,10H2,1-2H3;2*1H/t14-;;/m1../s1. The van der Waals surface area contributed by atoms with Crippen molar-refractivity contribution in [2.24, 2.45) is 5.92 Å². The van der Waals surface area contributed by atoms with Gasteiger partial charge in [0.25, 0.3) is 0 Å². The van der Waals surface area contributed by atoms with E-state index in [1.54, 1.807) is 0 Å². The zero-order valence-corrected chi connectivity index (χ0v) is 17.0. The van der Waals surface area contributed by atoms with E-state index < -0.39 is 0 Å². The second kappa shape index (κ2) is 8.91. The number of aromatic hydroxyl groups is 1.